The lowest BCUT2D eigenvalue weighted by molar-refractivity contribution is -0.132. The first-order chi connectivity index (χ1) is 9.11. The van der Waals surface area contributed by atoms with Crippen LogP contribution in [0.15, 0.2) is 18.2 Å². The van der Waals surface area contributed by atoms with Crippen molar-refractivity contribution in [3.8, 4) is 5.75 Å². The second kappa shape index (κ2) is 4.26. The molecule has 2 bridgehead atoms. The van der Waals surface area contributed by atoms with Gasteiger partial charge in [0.05, 0.1) is 18.5 Å². The fourth-order valence-corrected chi connectivity index (χ4v) is 3.00. The van der Waals surface area contributed by atoms with Gasteiger partial charge in [0, 0.05) is 17.9 Å². The highest BCUT2D eigenvalue weighted by molar-refractivity contribution is 6.18. The SMILES string of the molecule is COc1cc(N2C(=O)C3CCC(C3)C2=O)ccc1N. The Morgan fingerprint density at radius 2 is 1.84 bits per heavy atom. The molecule has 1 aromatic rings. The standard InChI is InChI=1S/C14H16N2O3/c1-19-12-7-10(4-5-11(12)15)16-13(17)8-2-3-9(6-8)14(16)18/h4-5,7-9H,2-3,6,15H2,1H3. The molecule has 1 saturated heterocycles. The van der Waals surface area contributed by atoms with Crippen LogP contribution in [0, 0.1) is 11.8 Å². The van der Waals surface area contributed by atoms with Gasteiger partial charge in [0.25, 0.3) is 0 Å². The van der Waals surface area contributed by atoms with Gasteiger partial charge >= 0.3 is 0 Å². The average Bonchev–Trinajstić information content (AvgIpc) is 2.85. The highest BCUT2D eigenvalue weighted by Gasteiger charge is 2.45. The zero-order valence-corrected chi connectivity index (χ0v) is 10.8. The van der Waals surface area contributed by atoms with Gasteiger partial charge in [0.15, 0.2) is 0 Å². The van der Waals surface area contributed by atoms with Gasteiger partial charge in [-0.15, -0.1) is 0 Å². The number of benzene rings is 1. The fourth-order valence-electron chi connectivity index (χ4n) is 3.00. The third-order valence-corrected chi connectivity index (χ3v) is 4.05. The number of hydrogen-bond donors (Lipinski definition) is 1. The molecule has 0 radical (unpaired) electrons. The third-order valence-electron chi connectivity index (χ3n) is 4.05. The molecule has 100 valence electrons. The van der Waals surface area contributed by atoms with E-state index in [1.807, 2.05) is 0 Å². The predicted molar refractivity (Wildman–Crippen MR) is 70.7 cm³/mol. The molecule has 1 saturated carbocycles. The number of carbonyl (C=O) groups excluding carboxylic acids is 2. The van der Waals surface area contributed by atoms with E-state index < -0.39 is 0 Å². The Hall–Kier alpha value is -2.04. The first kappa shape index (κ1) is 12.0. The maximum atomic E-state index is 12.3. The molecule has 0 aromatic heterocycles. The van der Waals surface area contributed by atoms with Crippen molar-refractivity contribution in [2.24, 2.45) is 11.8 Å². The molecule has 2 fully saturated rings. The highest BCUT2D eigenvalue weighted by Crippen LogP contribution is 2.41. The minimum absolute atomic E-state index is 0.00810. The number of nitrogen functional groups attached to an aromatic ring is 1. The molecule has 1 aliphatic heterocycles. The number of rotatable bonds is 2. The fraction of sp³-hybridized carbons (Fsp3) is 0.429. The van der Waals surface area contributed by atoms with Crippen molar-refractivity contribution in [2.45, 2.75) is 19.3 Å². The number of imide groups is 1. The predicted octanol–water partition coefficient (Wildman–Crippen LogP) is 1.57. The van der Waals surface area contributed by atoms with Gasteiger partial charge in [-0.1, -0.05) is 0 Å². The van der Waals surface area contributed by atoms with Crippen LogP contribution < -0.4 is 15.4 Å². The summed E-state index contributed by atoms with van der Waals surface area (Å²) < 4.78 is 5.14. The number of anilines is 2. The molecule has 2 amide bonds. The Balaban J connectivity index is 2.01. The number of amides is 2. The van der Waals surface area contributed by atoms with Gasteiger partial charge in [-0.3, -0.25) is 9.59 Å². The summed E-state index contributed by atoms with van der Waals surface area (Å²) in [6.07, 6.45) is 2.34. The zero-order valence-electron chi connectivity index (χ0n) is 10.8. The lowest BCUT2D eigenvalue weighted by Gasteiger charge is -2.29. The van der Waals surface area contributed by atoms with E-state index in [0.29, 0.717) is 23.5 Å². The molecule has 2 unspecified atom stereocenters. The number of hydrogen-bond acceptors (Lipinski definition) is 4. The Morgan fingerprint density at radius 1 is 1.21 bits per heavy atom. The van der Waals surface area contributed by atoms with Crippen LogP contribution in [0.5, 0.6) is 5.75 Å². The zero-order chi connectivity index (χ0) is 13.6. The molecule has 1 aliphatic carbocycles. The summed E-state index contributed by atoms with van der Waals surface area (Å²) in [4.78, 5) is 25.9. The number of carbonyl (C=O) groups is 2. The van der Waals surface area contributed by atoms with Crippen LogP contribution in [-0.4, -0.2) is 18.9 Å². The van der Waals surface area contributed by atoms with E-state index in [1.165, 1.54) is 12.0 Å². The molecule has 1 aromatic carbocycles. The second-order valence-electron chi connectivity index (χ2n) is 5.15. The van der Waals surface area contributed by atoms with E-state index in [-0.39, 0.29) is 23.7 Å². The van der Waals surface area contributed by atoms with Gasteiger partial charge in [0.1, 0.15) is 5.75 Å². The minimum Gasteiger partial charge on any atom is -0.495 e. The molecule has 5 heteroatoms. The number of piperidine rings is 1. The van der Waals surface area contributed by atoms with Gasteiger partial charge in [-0.05, 0) is 31.4 Å². The lowest BCUT2D eigenvalue weighted by atomic mass is 9.96. The first-order valence-corrected chi connectivity index (χ1v) is 6.43. The van der Waals surface area contributed by atoms with Crippen LogP contribution in [-0.2, 0) is 9.59 Å². The van der Waals surface area contributed by atoms with E-state index in [1.54, 1.807) is 18.2 Å². The third kappa shape index (κ3) is 1.77. The van der Waals surface area contributed by atoms with Crippen LogP contribution in [0.25, 0.3) is 0 Å². The number of methoxy groups -OCH3 is 1. The van der Waals surface area contributed by atoms with Crippen molar-refractivity contribution < 1.29 is 14.3 Å². The van der Waals surface area contributed by atoms with Crippen molar-refractivity contribution in [3.63, 3.8) is 0 Å². The lowest BCUT2D eigenvalue weighted by Crippen LogP contribution is -2.46. The smallest absolute Gasteiger partial charge is 0.236 e. The van der Waals surface area contributed by atoms with Crippen molar-refractivity contribution >= 4 is 23.2 Å². The topological polar surface area (TPSA) is 72.6 Å². The summed E-state index contributed by atoms with van der Waals surface area (Å²) in [6.45, 7) is 0. The molecular formula is C14H16N2O3. The molecule has 3 rings (SSSR count). The summed E-state index contributed by atoms with van der Waals surface area (Å²) >= 11 is 0. The average molecular weight is 260 g/mol. The van der Waals surface area contributed by atoms with Crippen molar-refractivity contribution in [3.05, 3.63) is 18.2 Å². The van der Waals surface area contributed by atoms with Crippen molar-refractivity contribution in [1.29, 1.82) is 0 Å². The molecule has 2 atom stereocenters. The number of ether oxygens (including phenoxy) is 1. The monoisotopic (exact) mass is 260 g/mol. The van der Waals surface area contributed by atoms with E-state index in [9.17, 15) is 9.59 Å². The summed E-state index contributed by atoms with van der Waals surface area (Å²) in [6, 6.07) is 5.00. The molecular weight excluding hydrogens is 244 g/mol. The Kier molecular flexibility index (Phi) is 2.69. The van der Waals surface area contributed by atoms with Crippen LogP contribution in [0.3, 0.4) is 0 Å². The molecule has 19 heavy (non-hydrogen) atoms. The Morgan fingerprint density at radius 3 is 2.42 bits per heavy atom. The second-order valence-corrected chi connectivity index (χ2v) is 5.15. The minimum atomic E-state index is -0.0921. The summed E-state index contributed by atoms with van der Waals surface area (Å²) in [5.41, 5.74) is 6.80. The van der Waals surface area contributed by atoms with Gasteiger partial charge in [0.2, 0.25) is 11.8 Å². The normalized spacial score (nSPS) is 25.8. The molecule has 0 spiro atoms. The van der Waals surface area contributed by atoms with E-state index >= 15 is 0 Å². The van der Waals surface area contributed by atoms with Crippen molar-refractivity contribution in [1.82, 2.24) is 0 Å². The maximum Gasteiger partial charge on any atom is 0.236 e. The van der Waals surface area contributed by atoms with E-state index in [4.69, 9.17) is 10.5 Å². The van der Waals surface area contributed by atoms with Crippen LogP contribution in [0.1, 0.15) is 19.3 Å². The van der Waals surface area contributed by atoms with Crippen LogP contribution >= 0.6 is 0 Å². The molecule has 5 nitrogen and oxygen atoms in total. The van der Waals surface area contributed by atoms with Crippen LogP contribution in [0.2, 0.25) is 0 Å². The van der Waals surface area contributed by atoms with Crippen molar-refractivity contribution in [2.75, 3.05) is 17.7 Å². The van der Waals surface area contributed by atoms with Gasteiger partial charge < -0.3 is 10.5 Å². The molecule has 2 aliphatic rings. The largest absolute Gasteiger partial charge is 0.495 e. The van der Waals surface area contributed by atoms with Gasteiger partial charge in [-0.25, -0.2) is 4.90 Å². The quantitative estimate of drug-likeness (QED) is 0.647. The number of fused-ring (bicyclic) bond motifs is 2. The summed E-state index contributed by atoms with van der Waals surface area (Å²) in [7, 11) is 1.51. The number of nitrogens with zero attached hydrogens (tertiary/aromatic N) is 1. The maximum absolute atomic E-state index is 12.3. The number of nitrogens with two attached hydrogens (primary N) is 1. The molecule has 2 N–H and O–H groups in total. The Labute approximate surface area is 111 Å². The van der Waals surface area contributed by atoms with Crippen LogP contribution in [0.4, 0.5) is 11.4 Å². The van der Waals surface area contributed by atoms with E-state index in [0.717, 1.165) is 12.8 Å². The summed E-state index contributed by atoms with van der Waals surface area (Å²) in [5, 5.41) is 0. The summed E-state index contributed by atoms with van der Waals surface area (Å²) in [5.74, 6) is 0.282. The van der Waals surface area contributed by atoms with Gasteiger partial charge in [-0.2, -0.15) is 0 Å². The molecule has 1 heterocycles. The first-order valence-electron chi connectivity index (χ1n) is 6.43. The van der Waals surface area contributed by atoms with E-state index in [2.05, 4.69) is 0 Å². The Bertz CT molecular complexity index is 534. The highest BCUT2D eigenvalue weighted by atomic mass is 16.5.